The molecule has 2 aromatic carbocycles. The molecule has 2 aromatic rings. The predicted octanol–water partition coefficient (Wildman–Crippen LogP) is 2.34. The molecule has 0 radical (unpaired) electrons. The summed E-state index contributed by atoms with van der Waals surface area (Å²) in [6.07, 6.45) is 2.62. The first-order valence-corrected chi connectivity index (χ1v) is 9.48. The van der Waals surface area contributed by atoms with E-state index < -0.39 is 16.0 Å². The Morgan fingerprint density at radius 3 is 2.59 bits per heavy atom. The van der Waals surface area contributed by atoms with Gasteiger partial charge in [-0.2, -0.15) is 0 Å². The molecule has 0 amide bonds. The van der Waals surface area contributed by atoms with Crippen LogP contribution in [0.3, 0.4) is 0 Å². The van der Waals surface area contributed by atoms with Crippen LogP contribution in [0.1, 0.15) is 22.3 Å². The second kappa shape index (κ2) is 9.11. The van der Waals surface area contributed by atoms with E-state index in [2.05, 4.69) is 4.72 Å². The van der Waals surface area contributed by atoms with Crippen molar-refractivity contribution in [2.45, 2.75) is 11.3 Å². The first kappa shape index (κ1) is 20.3. The molecule has 0 saturated carbocycles. The lowest BCUT2D eigenvalue weighted by molar-refractivity contribution is -0.136. The van der Waals surface area contributed by atoms with Crippen molar-refractivity contribution < 1.29 is 27.9 Å². The minimum atomic E-state index is -3.89. The van der Waals surface area contributed by atoms with Gasteiger partial charge in [-0.1, -0.05) is 30.3 Å². The van der Waals surface area contributed by atoms with Crippen LogP contribution in [0.25, 0.3) is 6.08 Å². The average molecular weight is 389 g/mol. The Kier molecular flexibility index (Phi) is 6.86. The van der Waals surface area contributed by atoms with Crippen molar-refractivity contribution in [1.82, 2.24) is 4.72 Å². The molecule has 0 heterocycles. The zero-order chi connectivity index (χ0) is 19.9. The summed E-state index contributed by atoms with van der Waals surface area (Å²) in [4.78, 5) is 22.7. The van der Waals surface area contributed by atoms with Crippen LogP contribution in [0, 0.1) is 0 Å². The second-order valence-corrected chi connectivity index (χ2v) is 7.31. The molecule has 0 fully saturated rings. The number of hydrogen-bond donors (Lipinski definition) is 2. The lowest BCUT2D eigenvalue weighted by atomic mass is 10.1. The van der Waals surface area contributed by atoms with Crippen molar-refractivity contribution in [3.05, 3.63) is 65.7 Å². The zero-order valence-electron chi connectivity index (χ0n) is 14.6. The van der Waals surface area contributed by atoms with Gasteiger partial charge >= 0.3 is 5.97 Å². The Bertz CT molecular complexity index is 966. The van der Waals surface area contributed by atoms with Gasteiger partial charge < -0.3 is 9.84 Å². The summed E-state index contributed by atoms with van der Waals surface area (Å²) in [5.41, 5.74) is 0.970. The van der Waals surface area contributed by atoms with Gasteiger partial charge in [0, 0.05) is 12.1 Å². The molecule has 0 saturated heterocycles. The highest BCUT2D eigenvalue weighted by Crippen LogP contribution is 2.16. The number of ketones is 1. The first-order chi connectivity index (χ1) is 12.8. The summed E-state index contributed by atoms with van der Waals surface area (Å²) in [6.45, 7) is -0.231. The Morgan fingerprint density at radius 2 is 1.89 bits per heavy atom. The van der Waals surface area contributed by atoms with E-state index >= 15 is 0 Å². The Balaban J connectivity index is 2.14. The smallest absolute Gasteiger partial charge is 0.304 e. The number of sulfonamides is 1. The fourth-order valence-corrected chi connectivity index (χ4v) is 3.28. The number of methoxy groups -OCH3 is 1. The van der Waals surface area contributed by atoms with Crippen molar-refractivity contribution in [2.24, 2.45) is 0 Å². The third kappa shape index (κ3) is 6.05. The van der Waals surface area contributed by atoms with Crippen molar-refractivity contribution in [2.75, 3.05) is 13.7 Å². The molecule has 2 N–H and O–H groups in total. The summed E-state index contributed by atoms with van der Waals surface area (Å²) in [7, 11) is -2.35. The van der Waals surface area contributed by atoms with Gasteiger partial charge in [0.05, 0.1) is 18.4 Å². The van der Waals surface area contributed by atoms with Gasteiger partial charge in [-0.15, -0.1) is 0 Å². The molecule has 0 aliphatic heterocycles. The minimum absolute atomic E-state index is 0.103. The first-order valence-electron chi connectivity index (χ1n) is 8.00. The number of nitrogens with one attached hydrogen (secondary N) is 1. The summed E-state index contributed by atoms with van der Waals surface area (Å²) in [5.74, 6) is -0.810. The van der Waals surface area contributed by atoms with Gasteiger partial charge in [0.15, 0.2) is 5.78 Å². The molecular formula is C19H19NO6S. The second-order valence-electron chi connectivity index (χ2n) is 5.54. The Hall–Kier alpha value is -2.97. The maximum Gasteiger partial charge on any atom is 0.304 e. The third-order valence-corrected chi connectivity index (χ3v) is 5.04. The van der Waals surface area contributed by atoms with Crippen molar-refractivity contribution in [3.63, 3.8) is 0 Å². The monoisotopic (exact) mass is 389 g/mol. The van der Waals surface area contributed by atoms with E-state index in [-0.39, 0.29) is 29.2 Å². The maximum atomic E-state index is 12.3. The van der Waals surface area contributed by atoms with E-state index in [4.69, 9.17) is 9.84 Å². The molecule has 27 heavy (non-hydrogen) atoms. The largest absolute Gasteiger partial charge is 0.497 e. The summed E-state index contributed by atoms with van der Waals surface area (Å²) in [6, 6.07) is 12.7. The average Bonchev–Trinajstić information content (AvgIpc) is 2.66. The van der Waals surface area contributed by atoms with Crippen LogP contribution < -0.4 is 9.46 Å². The summed E-state index contributed by atoms with van der Waals surface area (Å²) >= 11 is 0. The molecule has 0 aliphatic rings. The molecule has 7 nitrogen and oxygen atoms in total. The van der Waals surface area contributed by atoms with Crippen molar-refractivity contribution >= 4 is 27.9 Å². The van der Waals surface area contributed by atoms with Crippen LogP contribution in [-0.4, -0.2) is 38.9 Å². The van der Waals surface area contributed by atoms with Gasteiger partial charge in [-0.05, 0) is 35.9 Å². The molecule has 0 atom stereocenters. The molecular weight excluding hydrogens is 370 g/mol. The number of rotatable bonds is 9. The van der Waals surface area contributed by atoms with E-state index in [1.165, 1.54) is 30.3 Å². The Labute approximate surface area is 157 Å². The van der Waals surface area contributed by atoms with Gasteiger partial charge in [0.25, 0.3) is 0 Å². The Morgan fingerprint density at radius 1 is 1.15 bits per heavy atom. The normalized spacial score (nSPS) is 11.4. The minimum Gasteiger partial charge on any atom is -0.497 e. The van der Waals surface area contributed by atoms with E-state index in [0.717, 1.165) is 5.56 Å². The van der Waals surface area contributed by atoms with E-state index in [1.54, 1.807) is 37.5 Å². The van der Waals surface area contributed by atoms with Crippen LogP contribution in [-0.2, 0) is 14.8 Å². The molecule has 0 bridgehead atoms. The number of ether oxygens (including phenoxy) is 1. The van der Waals surface area contributed by atoms with Crippen LogP contribution in [0.2, 0.25) is 0 Å². The number of carboxylic acids is 1. The van der Waals surface area contributed by atoms with Gasteiger partial charge in [-0.25, -0.2) is 13.1 Å². The highest BCUT2D eigenvalue weighted by atomic mass is 32.2. The summed E-state index contributed by atoms with van der Waals surface area (Å²) < 4.78 is 31.7. The van der Waals surface area contributed by atoms with Crippen LogP contribution in [0.4, 0.5) is 0 Å². The maximum absolute atomic E-state index is 12.3. The fraction of sp³-hybridized carbons (Fsp3) is 0.158. The molecule has 0 aromatic heterocycles. The number of carbonyl (C=O) groups is 2. The number of allylic oxidation sites excluding steroid dienone is 1. The molecule has 8 heteroatoms. The highest BCUT2D eigenvalue weighted by Gasteiger charge is 2.15. The highest BCUT2D eigenvalue weighted by molar-refractivity contribution is 7.89. The summed E-state index contributed by atoms with van der Waals surface area (Å²) in [5, 5.41) is 8.59. The topological polar surface area (TPSA) is 110 Å². The molecule has 0 unspecified atom stereocenters. The molecule has 0 spiro atoms. The van der Waals surface area contributed by atoms with E-state index in [9.17, 15) is 18.0 Å². The van der Waals surface area contributed by atoms with Crippen LogP contribution in [0.15, 0.2) is 59.5 Å². The number of carbonyl (C=O) groups excluding carboxylic acids is 1. The lowest BCUT2D eigenvalue weighted by Gasteiger charge is -2.06. The van der Waals surface area contributed by atoms with Gasteiger partial charge in [0.1, 0.15) is 5.75 Å². The standard InChI is InChI=1S/C19H19NO6S/c1-26-16-6-2-4-14(12-16)8-9-18(21)15-5-3-7-17(13-15)27(24,25)20-11-10-19(22)23/h2-9,12-13,20H,10-11H2,1H3,(H,22,23)/b9-8+. The number of hydrogen-bond acceptors (Lipinski definition) is 5. The van der Waals surface area contributed by atoms with Crippen LogP contribution >= 0.6 is 0 Å². The molecule has 142 valence electrons. The lowest BCUT2D eigenvalue weighted by Crippen LogP contribution is -2.26. The molecule has 2 rings (SSSR count). The number of carboxylic acid groups (broad SMARTS) is 1. The van der Waals surface area contributed by atoms with E-state index in [0.29, 0.717) is 5.75 Å². The third-order valence-electron chi connectivity index (χ3n) is 3.58. The van der Waals surface area contributed by atoms with Crippen molar-refractivity contribution in [3.8, 4) is 5.75 Å². The SMILES string of the molecule is COc1cccc(/C=C/C(=O)c2cccc(S(=O)(=O)NCCC(=O)O)c2)c1. The number of aliphatic carboxylic acids is 1. The predicted molar refractivity (Wildman–Crippen MR) is 100 cm³/mol. The molecule has 0 aliphatic carbocycles. The van der Waals surface area contributed by atoms with Gasteiger partial charge in [-0.3, -0.25) is 9.59 Å². The zero-order valence-corrected chi connectivity index (χ0v) is 15.4. The quantitative estimate of drug-likeness (QED) is 0.503. The van der Waals surface area contributed by atoms with Gasteiger partial charge in [0.2, 0.25) is 10.0 Å². The van der Waals surface area contributed by atoms with Crippen LogP contribution in [0.5, 0.6) is 5.75 Å². The van der Waals surface area contributed by atoms with E-state index in [1.807, 2.05) is 0 Å². The number of benzene rings is 2. The fourth-order valence-electron chi connectivity index (χ4n) is 2.21. The van der Waals surface area contributed by atoms with Crippen molar-refractivity contribution in [1.29, 1.82) is 0 Å².